The minimum Gasteiger partial charge on any atom is -0.444 e. The molecule has 0 radical (unpaired) electrons. The molecule has 2 N–H and O–H groups in total. The third-order valence-corrected chi connectivity index (χ3v) is 5.84. The Morgan fingerprint density at radius 1 is 1.12 bits per heavy atom. The smallest absolute Gasteiger partial charge is 0.410 e. The number of halogens is 3. The number of hydrogen-bond donors (Lipinski definition) is 2. The van der Waals surface area contributed by atoms with Crippen LogP contribution in [0.25, 0.3) is 0 Å². The van der Waals surface area contributed by atoms with E-state index < -0.39 is 40.3 Å². The maximum Gasteiger partial charge on any atom is 0.410 e. The molecular weight excluding hydrogens is 451 g/mol. The molecule has 8 nitrogen and oxygen atoms in total. The van der Waals surface area contributed by atoms with Gasteiger partial charge in [0.15, 0.2) is 0 Å². The van der Waals surface area contributed by atoms with Crippen molar-refractivity contribution in [1.82, 2.24) is 14.9 Å². The van der Waals surface area contributed by atoms with Crippen LogP contribution in [0.1, 0.15) is 50.4 Å². The molecule has 1 saturated carbocycles. The molecule has 0 unspecified atom stereocenters. The van der Waals surface area contributed by atoms with Crippen molar-refractivity contribution in [3.05, 3.63) is 29.8 Å². The standard InChI is InChI=1S/C20H28F3N3O5S/c1-19(2,3)31-18(28)26(15-7-8-15)12-4-11-25-32(29,30)16-9-5-14(6-10-16)17(27)24-13-20(21,22)23/h5-6,9-10,15,25H,4,7-8,11-13H2,1-3H3,(H,24,27). The van der Waals surface area contributed by atoms with Crippen LogP contribution in [0.15, 0.2) is 29.2 Å². The fourth-order valence-corrected chi connectivity index (χ4v) is 3.81. The maximum absolute atomic E-state index is 12.4. The Balaban J connectivity index is 1.86. The highest BCUT2D eigenvalue weighted by Gasteiger charge is 2.34. The van der Waals surface area contributed by atoms with E-state index in [1.807, 2.05) is 0 Å². The third kappa shape index (κ3) is 8.65. The van der Waals surface area contributed by atoms with E-state index in [2.05, 4.69) is 4.72 Å². The minimum absolute atomic E-state index is 0.0716. The van der Waals surface area contributed by atoms with Gasteiger partial charge in [0.1, 0.15) is 12.1 Å². The molecule has 2 rings (SSSR count). The number of nitrogens with one attached hydrogen (secondary N) is 2. The van der Waals surface area contributed by atoms with Gasteiger partial charge in [-0.3, -0.25) is 4.79 Å². The van der Waals surface area contributed by atoms with Gasteiger partial charge in [0, 0.05) is 24.7 Å². The molecule has 180 valence electrons. The summed E-state index contributed by atoms with van der Waals surface area (Å²) in [5, 5.41) is 1.72. The van der Waals surface area contributed by atoms with Gasteiger partial charge in [-0.05, 0) is 64.3 Å². The van der Waals surface area contributed by atoms with Gasteiger partial charge in [-0.15, -0.1) is 0 Å². The highest BCUT2D eigenvalue weighted by atomic mass is 32.2. The first-order valence-corrected chi connectivity index (χ1v) is 11.6. The average Bonchev–Trinajstić information content (AvgIpc) is 3.49. The number of amides is 2. The van der Waals surface area contributed by atoms with Crippen molar-refractivity contribution in [3.8, 4) is 0 Å². The normalized spacial score (nSPS) is 14.7. The third-order valence-electron chi connectivity index (χ3n) is 4.36. The molecule has 0 bridgehead atoms. The Kier molecular flexibility index (Phi) is 8.16. The highest BCUT2D eigenvalue weighted by molar-refractivity contribution is 7.89. The first-order valence-electron chi connectivity index (χ1n) is 10.1. The molecule has 1 aliphatic carbocycles. The van der Waals surface area contributed by atoms with Gasteiger partial charge in [0.05, 0.1) is 4.90 Å². The number of alkyl halides is 3. The lowest BCUT2D eigenvalue weighted by Gasteiger charge is -2.27. The molecule has 12 heteroatoms. The van der Waals surface area contributed by atoms with E-state index in [1.54, 1.807) is 31.0 Å². The summed E-state index contributed by atoms with van der Waals surface area (Å²) in [6.45, 7) is 4.25. The van der Waals surface area contributed by atoms with Crippen LogP contribution < -0.4 is 10.0 Å². The summed E-state index contributed by atoms with van der Waals surface area (Å²) in [5.41, 5.74) is -0.715. The zero-order valence-corrected chi connectivity index (χ0v) is 19.0. The molecule has 1 aromatic carbocycles. The number of carbonyl (C=O) groups is 2. The number of hydrogen-bond acceptors (Lipinski definition) is 5. The predicted octanol–water partition coefficient (Wildman–Crippen LogP) is 3.05. The van der Waals surface area contributed by atoms with Crippen LogP contribution in [0.2, 0.25) is 0 Å². The van der Waals surface area contributed by atoms with Crippen molar-refractivity contribution in [3.63, 3.8) is 0 Å². The molecule has 0 aliphatic heterocycles. The fraction of sp³-hybridized carbons (Fsp3) is 0.600. The Morgan fingerprint density at radius 3 is 2.22 bits per heavy atom. The summed E-state index contributed by atoms with van der Waals surface area (Å²) in [4.78, 5) is 25.5. The van der Waals surface area contributed by atoms with Crippen molar-refractivity contribution in [2.24, 2.45) is 0 Å². The summed E-state index contributed by atoms with van der Waals surface area (Å²) < 4.78 is 69.2. The summed E-state index contributed by atoms with van der Waals surface area (Å²) in [5.74, 6) is -0.957. The number of rotatable bonds is 9. The number of benzene rings is 1. The van der Waals surface area contributed by atoms with E-state index in [4.69, 9.17) is 4.74 Å². The van der Waals surface area contributed by atoms with Crippen LogP contribution in [-0.4, -0.2) is 62.8 Å². The first kappa shape index (κ1) is 25.9. The lowest BCUT2D eigenvalue weighted by molar-refractivity contribution is -0.123. The van der Waals surface area contributed by atoms with Gasteiger partial charge in [0.25, 0.3) is 5.91 Å². The molecule has 32 heavy (non-hydrogen) atoms. The molecule has 1 aromatic rings. The number of sulfonamides is 1. The van der Waals surface area contributed by atoms with Crippen LogP contribution in [0.3, 0.4) is 0 Å². The van der Waals surface area contributed by atoms with Crippen LogP contribution in [0, 0.1) is 0 Å². The highest BCUT2D eigenvalue weighted by Crippen LogP contribution is 2.28. The van der Waals surface area contributed by atoms with E-state index in [9.17, 15) is 31.2 Å². The predicted molar refractivity (Wildman–Crippen MR) is 111 cm³/mol. The van der Waals surface area contributed by atoms with E-state index >= 15 is 0 Å². The van der Waals surface area contributed by atoms with E-state index in [0.717, 1.165) is 37.1 Å². The van der Waals surface area contributed by atoms with E-state index in [0.29, 0.717) is 13.0 Å². The lowest BCUT2D eigenvalue weighted by Crippen LogP contribution is -2.39. The molecule has 0 heterocycles. The molecular formula is C20H28F3N3O5S. The van der Waals surface area contributed by atoms with Crippen molar-refractivity contribution < 1.29 is 35.9 Å². The molecule has 0 atom stereocenters. The number of carbonyl (C=O) groups excluding carboxylic acids is 2. The summed E-state index contributed by atoms with van der Waals surface area (Å²) in [7, 11) is -3.89. The first-order chi connectivity index (χ1) is 14.7. The van der Waals surface area contributed by atoms with Crippen molar-refractivity contribution in [2.75, 3.05) is 19.6 Å². The van der Waals surface area contributed by atoms with Gasteiger partial charge >= 0.3 is 12.3 Å². The van der Waals surface area contributed by atoms with Crippen molar-refractivity contribution in [1.29, 1.82) is 0 Å². The zero-order valence-electron chi connectivity index (χ0n) is 18.2. The Bertz CT molecular complexity index is 908. The van der Waals surface area contributed by atoms with E-state index in [-0.39, 0.29) is 23.0 Å². The van der Waals surface area contributed by atoms with E-state index in [1.165, 1.54) is 0 Å². The van der Waals surface area contributed by atoms with Gasteiger partial charge in [-0.1, -0.05) is 0 Å². The second kappa shape index (κ2) is 10.1. The number of ether oxygens (including phenoxy) is 1. The topological polar surface area (TPSA) is 105 Å². The maximum atomic E-state index is 12.4. The lowest BCUT2D eigenvalue weighted by atomic mass is 10.2. The van der Waals surface area contributed by atoms with Crippen molar-refractivity contribution >= 4 is 22.0 Å². The van der Waals surface area contributed by atoms with Crippen LogP contribution in [0.4, 0.5) is 18.0 Å². The van der Waals surface area contributed by atoms with Gasteiger partial charge in [-0.2, -0.15) is 13.2 Å². The Morgan fingerprint density at radius 2 is 1.72 bits per heavy atom. The number of nitrogens with zero attached hydrogens (tertiary/aromatic N) is 1. The molecule has 1 fully saturated rings. The second-order valence-electron chi connectivity index (χ2n) is 8.48. The monoisotopic (exact) mass is 479 g/mol. The zero-order chi connectivity index (χ0) is 24.2. The molecule has 1 aliphatic rings. The average molecular weight is 480 g/mol. The summed E-state index contributed by atoms with van der Waals surface area (Å²) >= 11 is 0. The van der Waals surface area contributed by atoms with Crippen LogP contribution in [0.5, 0.6) is 0 Å². The van der Waals surface area contributed by atoms with Gasteiger partial charge in [0.2, 0.25) is 10.0 Å². The summed E-state index contributed by atoms with van der Waals surface area (Å²) in [6.07, 6.45) is -2.84. The van der Waals surface area contributed by atoms with Gasteiger partial charge in [-0.25, -0.2) is 17.9 Å². The largest absolute Gasteiger partial charge is 0.444 e. The molecule has 0 spiro atoms. The van der Waals surface area contributed by atoms with Gasteiger partial charge < -0.3 is 15.0 Å². The van der Waals surface area contributed by atoms with Crippen LogP contribution >= 0.6 is 0 Å². The molecule has 2 amide bonds. The fourth-order valence-electron chi connectivity index (χ4n) is 2.74. The Hall–Kier alpha value is -2.34. The SMILES string of the molecule is CC(C)(C)OC(=O)N(CCCNS(=O)(=O)c1ccc(C(=O)NCC(F)(F)F)cc1)C1CC1. The van der Waals surface area contributed by atoms with Crippen molar-refractivity contribution in [2.45, 2.75) is 62.7 Å². The minimum atomic E-state index is -4.54. The summed E-state index contributed by atoms with van der Waals surface area (Å²) in [6, 6.07) is 4.66. The molecule has 0 saturated heterocycles. The molecule has 0 aromatic heterocycles. The quantitative estimate of drug-likeness (QED) is 0.530. The Labute approximate surface area is 185 Å². The second-order valence-corrected chi connectivity index (χ2v) is 10.2. The van der Waals surface area contributed by atoms with Crippen LogP contribution in [-0.2, 0) is 14.8 Å².